The molecule has 2 aromatic carbocycles. The number of amides is 1. The second-order valence-corrected chi connectivity index (χ2v) is 12.5. The predicted molar refractivity (Wildman–Crippen MR) is 155 cm³/mol. The van der Waals surface area contributed by atoms with E-state index >= 15 is 0 Å². The monoisotopic (exact) mass is 545 g/mol. The van der Waals surface area contributed by atoms with Crippen molar-refractivity contribution in [3.8, 4) is 11.3 Å². The molecule has 204 valence electrons. The number of carbonyl (C=O) groups excluding carboxylic acids is 1. The van der Waals surface area contributed by atoms with E-state index in [9.17, 15) is 9.18 Å². The lowest BCUT2D eigenvalue weighted by Gasteiger charge is -2.28. The van der Waals surface area contributed by atoms with Gasteiger partial charge in [0.25, 0.3) is 5.91 Å². The average Bonchev–Trinajstić information content (AvgIpc) is 3.34. The summed E-state index contributed by atoms with van der Waals surface area (Å²) in [5.74, 6) is 0.610. The molecule has 0 unspecified atom stereocenters. The van der Waals surface area contributed by atoms with Gasteiger partial charge in [0.15, 0.2) is 4.96 Å². The van der Waals surface area contributed by atoms with E-state index in [0.29, 0.717) is 36.9 Å². The number of nitrogens with one attached hydrogen (secondary N) is 2. The third kappa shape index (κ3) is 5.22. The third-order valence-electron chi connectivity index (χ3n) is 8.64. The number of halogens is 1. The number of alkyl halides is 1. The van der Waals surface area contributed by atoms with Crippen molar-refractivity contribution < 1.29 is 9.18 Å². The molecule has 0 spiro atoms. The molecule has 8 heteroatoms. The average molecular weight is 546 g/mol. The quantitative estimate of drug-likeness (QED) is 0.264. The molecule has 2 saturated heterocycles. The largest absolute Gasteiger partial charge is 0.352 e. The zero-order valence-corrected chi connectivity index (χ0v) is 23.1. The summed E-state index contributed by atoms with van der Waals surface area (Å²) in [4.78, 5) is 21.1. The molecular formula is C31H36FN5OS. The minimum Gasteiger partial charge on any atom is -0.352 e. The Kier molecular flexibility index (Phi) is 6.87. The molecule has 0 radical (unpaired) electrons. The second-order valence-electron chi connectivity index (χ2n) is 11.5. The van der Waals surface area contributed by atoms with Crippen LogP contribution in [0.25, 0.3) is 26.4 Å². The van der Waals surface area contributed by atoms with Gasteiger partial charge in [-0.05, 0) is 93.3 Å². The van der Waals surface area contributed by atoms with Crippen molar-refractivity contribution in [2.75, 3.05) is 32.7 Å². The molecule has 7 rings (SSSR count). The molecule has 1 aliphatic carbocycles. The zero-order valence-electron chi connectivity index (χ0n) is 22.3. The van der Waals surface area contributed by atoms with Crippen LogP contribution in [-0.4, -0.2) is 59.1 Å². The fourth-order valence-electron chi connectivity index (χ4n) is 6.24. The first kappa shape index (κ1) is 25.2. The normalized spacial score (nSPS) is 20.8. The zero-order chi connectivity index (χ0) is 26.3. The van der Waals surface area contributed by atoms with Crippen molar-refractivity contribution in [1.82, 2.24) is 24.9 Å². The lowest BCUT2D eigenvalue weighted by atomic mass is 9.95. The van der Waals surface area contributed by atoms with Crippen LogP contribution in [0.3, 0.4) is 0 Å². The summed E-state index contributed by atoms with van der Waals surface area (Å²) >= 11 is 1.63. The maximum Gasteiger partial charge on any atom is 0.251 e. The van der Waals surface area contributed by atoms with E-state index in [0.717, 1.165) is 53.5 Å². The standard InChI is InChI=1S/C31H36FN5OS/c32-23-10-15-36(16-11-23)14-2-13-34-30(38)22-7-9-28-29(18-22)39-31-35-27(19-37(28)31)24-8-6-21(26-3-1-12-33-26)17-25(24)20-4-5-20/h6-9,17-20,23,26,33H,1-5,10-16H2,(H,34,38)/t26-/m1/s1. The van der Waals surface area contributed by atoms with Crippen molar-refractivity contribution >= 4 is 32.4 Å². The van der Waals surface area contributed by atoms with E-state index in [1.807, 2.05) is 18.2 Å². The number of aromatic nitrogens is 2. The molecule has 6 nitrogen and oxygen atoms in total. The Bertz CT molecular complexity index is 1490. The summed E-state index contributed by atoms with van der Waals surface area (Å²) < 4.78 is 16.5. The number of hydrogen-bond donors (Lipinski definition) is 2. The number of rotatable bonds is 8. The van der Waals surface area contributed by atoms with Crippen LogP contribution >= 0.6 is 11.3 Å². The highest BCUT2D eigenvalue weighted by Crippen LogP contribution is 2.46. The number of benzene rings is 2. The highest BCUT2D eigenvalue weighted by atomic mass is 32.1. The first-order valence-corrected chi connectivity index (χ1v) is 15.4. The molecule has 0 bridgehead atoms. The third-order valence-corrected chi connectivity index (χ3v) is 9.66. The van der Waals surface area contributed by atoms with Crippen molar-refractivity contribution in [1.29, 1.82) is 0 Å². The summed E-state index contributed by atoms with van der Waals surface area (Å²) in [6, 6.07) is 13.4. The molecular weight excluding hydrogens is 509 g/mol. The number of piperidine rings is 1. The van der Waals surface area contributed by atoms with Gasteiger partial charge < -0.3 is 15.5 Å². The number of likely N-dealkylation sites (tertiary alicyclic amines) is 1. The van der Waals surface area contributed by atoms with Gasteiger partial charge in [-0.25, -0.2) is 9.37 Å². The molecule has 1 atom stereocenters. The van der Waals surface area contributed by atoms with E-state index in [1.54, 1.807) is 11.3 Å². The van der Waals surface area contributed by atoms with Gasteiger partial charge in [-0.3, -0.25) is 9.20 Å². The first-order valence-electron chi connectivity index (χ1n) is 14.6. The Labute approximate surface area is 232 Å². The number of imidazole rings is 1. The number of carbonyl (C=O) groups is 1. The molecule has 39 heavy (non-hydrogen) atoms. The maximum absolute atomic E-state index is 13.3. The topological polar surface area (TPSA) is 61.7 Å². The van der Waals surface area contributed by atoms with Crippen LogP contribution in [0.4, 0.5) is 4.39 Å². The van der Waals surface area contributed by atoms with E-state index in [4.69, 9.17) is 4.98 Å². The van der Waals surface area contributed by atoms with Crippen LogP contribution in [0.1, 0.15) is 78.4 Å². The molecule has 2 N–H and O–H groups in total. The lowest BCUT2D eigenvalue weighted by molar-refractivity contribution is 0.0950. The van der Waals surface area contributed by atoms with Gasteiger partial charge in [0, 0.05) is 43.0 Å². The SMILES string of the molecule is O=C(NCCCN1CCC(F)CC1)c1ccc2c(c1)sc1nc(-c3ccc([C@H]4CCCN4)cc3C3CC3)cn12. The van der Waals surface area contributed by atoms with E-state index in [-0.39, 0.29) is 5.91 Å². The van der Waals surface area contributed by atoms with Crippen LogP contribution < -0.4 is 10.6 Å². The van der Waals surface area contributed by atoms with Gasteiger partial charge in [-0.15, -0.1) is 0 Å². The minimum atomic E-state index is -0.645. The summed E-state index contributed by atoms with van der Waals surface area (Å²) in [5.41, 5.74) is 6.92. The molecule has 2 aromatic heterocycles. The lowest BCUT2D eigenvalue weighted by Crippen LogP contribution is -2.36. The molecule has 3 aliphatic rings. The van der Waals surface area contributed by atoms with E-state index in [1.165, 1.54) is 42.4 Å². The van der Waals surface area contributed by atoms with E-state index in [2.05, 4.69) is 44.3 Å². The Balaban J connectivity index is 1.05. The summed E-state index contributed by atoms with van der Waals surface area (Å²) in [6.07, 6.45) is 8.65. The van der Waals surface area contributed by atoms with Gasteiger partial charge in [0.2, 0.25) is 0 Å². The molecule has 1 amide bonds. The summed E-state index contributed by atoms with van der Waals surface area (Å²) in [6.45, 7) is 4.28. The molecule has 3 fully saturated rings. The minimum absolute atomic E-state index is 0.0444. The van der Waals surface area contributed by atoms with Crippen LogP contribution in [-0.2, 0) is 0 Å². The van der Waals surface area contributed by atoms with Gasteiger partial charge in [-0.1, -0.05) is 29.5 Å². The predicted octanol–water partition coefficient (Wildman–Crippen LogP) is 6.07. The van der Waals surface area contributed by atoms with Crippen molar-refractivity contribution in [2.24, 2.45) is 0 Å². The number of thiazole rings is 1. The van der Waals surface area contributed by atoms with Crippen LogP contribution in [0.15, 0.2) is 42.6 Å². The highest BCUT2D eigenvalue weighted by Gasteiger charge is 2.29. The van der Waals surface area contributed by atoms with Crippen LogP contribution in [0, 0.1) is 0 Å². The Morgan fingerprint density at radius 3 is 2.77 bits per heavy atom. The van der Waals surface area contributed by atoms with E-state index < -0.39 is 6.17 Å². The Hall–Kier alpha value is -2.81. The number of fused-ring (bicyclic) bond motifs is 3. The highest BCUT2D eigenvalue weighted by molar-refractivity contribution is 7.23. The smallest absolute Gasteiger partial charge is 0.251 e. The first-order chi connectivity index (χ1) is 19.1. The van der Waals surface area contributed by atoms with Gasteiger partial charge >= 0.3 is 0 Å². The number of hydrogen-bond acceptors (Lipinski definition) is 5. The second kappa shape index (κ2) is 10.6. The Morgan fingerprint density at radius 1 is 1.10 bits per heavy atom. The van der Waals surface area contributed by atoms with Crippen molar-refractivity contribution in [3.63, 3.8) is 0 Å². The summed E-state index contributed by atoms with van der Waals surface area (Å²) in [7, 11) is 0. The molecule has 4 heterocycles. The molecule has 2 aliphatic heterocycles. The fourth-order valence-corrected chi connectivity index (χ4v) is 7.28. The molecule has 1 saturated carbocycles. The number of nitrogens with zero attached hydrogens (tertiary/aromatic N) is 3. The maximum atomic E-state index is 13.3. The Morgan fingerprint density at radius 2 is 1.97 bits per heavy atom. The van der Waals surface area contributed by atoms with Crippen molar-refractivity contribution in [2.45, 2.75) is 63.1 Å². The van der Waals surface area contributed by atoms with Gasteiger partial charge in [0.1, 0.15) is 6.17 Å². The van der Waals surface area contributed by atoms with Gasteiger partial charge in [0.05, 0.1) is 15.9 Å². The van der Waals surface area contributed by atoms with Crippen LogP contribution in [0.2, 0.25) is 0 Å². The van der Waals surface area contributed by atoms with Gasteiger partial charge in [-0.2, -0.15) is 0 Å². The molecule has 4 aromatic rings. The van der Waals surface area contributed by atoms with Crippen molar-refractivity contribution in [3.05, 3.63) is 59.3 Å². The van der Waals surface area contributed by atoms with Crippen LogP contribution in [0.5, 0.6) is 0 Å². The fraction of sp³-hybridized carbons (Fsp3) is 0.484. The summed E-state index contributed by atoms with van der Waals surface area (Å²) in [5, 5.41) is 6.69.